The monoisotopic (exact) mass is 328 g/mol. The first kappa shape index (κ1) is 15.8. The molecule has 2 nitrogen and oxygen atoms in total. The van der Waals surface area contributed by atoms with Crippen molar-refractivity contribution in [1.82, 2.24) is 10.3 Å². The Morgan fingerprint density at radius 1 is 1.25 bits per heavy atom. The summed E-state index contributed by atoms with van der Waals surface area (Å²) in [6.07, 6.45) is 1.83. The van der Waals surface area contributed by atoms with Crippen LogP contribution in [-0.2, 0) is 13.0 Å². The van der Waals surface area contributed by atoms with Crippen molar-refractivity contribution in [3.05, 3.63) is 49.4 Å². The van der Waals surface area contributed by atoms with Gasteiger partial charge in [0.1, 0.15) is 0 Å². The number of nitrogens with zero attached hydrogens (tertiary/aromatic N) is 1. The number of thiazole rings is 1. The molecule has 5 heteroatoms. The second-order valence-electron chi connectivity index (χ2n) is 4.67. The highest BCUT2D eigenvalue weighted by atomic mass is 35.5. The Hall–Kier alpha value is -0.610. The van der Waals surface area contributed by atoms with Crippen LogP contribution in [0, 0.1) is 6.92 Å². The van der Waals surface area contributed by atoms with Gasteiger partial charge < -0.3 is 5.32 Å². The van der Waals surface area contributed by atoms with E-state index < -0.39 is 0 Å². The number of nitrogens with one attached hydrogen (secondary N) is 1. The molecule has 0 bridgehead atoms. The molecule has 0 aliphatic rings. The van der Waals surface area contributed by atoms with E-state index in [0.29, 0.717) is 16.5 Å². The highest BCUT2D eigenvalue weighted by Gasteiger charge is 2.12. The van der Waals surface area contributed by atoms with E-state index in [-0.39, 0.29) is 0 Å². The SMILES string of the molecule is CCCNCc1sc(Cc2c(Cl)cccc2Cl)nc1C. The Morgan fingerprint density at radius 3 is 2.60 bits per heavy atom. The molecule has 0 atom stereocenters. The smallest absolute Gasteiger partial charge is 0.0976 e. The molecule has 1 N–H and O–H groups in total. The average Bonchev–Trinajstić information content (AvgIpc) is 2.75. The van der Waals surface area contributed by atoms with Crippen molar-refractivity contribution in [1.29, 1.82) is 0 Å². The molecular weight excluding hydrogens is 311 g/mol. The maximum atomic E-state index is 6.21. The van der Waals surface area contributed by atoms with E-state index in [1.807, 2.05) is 18.2 Å². The van der Waals surface area contributed by atoms with Crippen molar-refractivity contribution in [2.45, 2.75) is 33.2 Å². The second kappa shape index (κ2) is 7.41. The lowest BCUT2D eigenvalue weighted by atomic mass is 10.1. The first-order valence-electron chi connectivity index (χ1n) is 6.70. The van der Waals surface area contributed by atoms with Gasteiger partial charge in [0.25, 0.3) is 0 Å². The van der Waals surface area contributed by atoms with Crippen LogP contribution in [0.4, 0.5) is 0 Å². The molecule has 20 heavy (non-hydrogen) atoms. The minimum Gasteiger partial charge on any atom is -0.312 e. The first-order valence-corrected chi connectivity index (χ1v) is 8.27. The van der Waals surface area contributed by atoms with E-state index in [4.69, 9.17) is 23.2 Å². The van der Waals surface area contributed by atoms with Gasteiger partial charge in [0.15, 0.2) is 0 Å². The van der Waals surface area contributed by atoms with Gasteiger partial charge in [-0.15, -0.1) is 11.3 Å². The normalized spacial score (nSPS) is 11.0. The number of rotatable bonds is 6. The van der Waals surface area contributed by atoms with Crippen molar-refractivity contribution in [3.63, 3.8) is 0 Å². The van der Waals surface area contributed by atoms with E-state index in [1.165, 1.54) is 4.88 Å². The molecule has 0 spiro atoms. The number of hydrogen-bond acceptors (Lipinski definition) is 3. The third-order valence-electron chi connectivity index (χ3n) is 3.04. The van der Waals surface area contributed by atoms with Crippen LogP contribution >= 0.6 is 34.5 Å². The topological polar surface area (TPSA) is 24.9 Å². The van der Waals surface area contributed by atoms with Gasteiger partial charge in [-0.2, -0.15) is 0 Å². The largest absolute Gasteiger partial charge is 0.312 e. The van der Waals surface area contributed by atoms with E-state index in [2.05, 4.69) is 24.1 Å². The van der Waals surface area contributed by atoms with Gasteiger partial charge in [0, 0.05) is 27.9 Å². The van der Waals surface area contributed by atoms with Gasteiger partial charge in [-0.1, -0.05) is 36.2 Å². The molecule has 1 heterocycles. The van der Waals surface area contributed by atoms with Crippen LogP contribution in [0.3, 0.4) is 0 Å². The van der Waals surface area contributed by atoms with Crippen molar-refractivity contribution < 1.29 is 0 Å². The molecule has 0 fully saturated rings. The van der Waals surface area contributed by atoms with Gasteiger partial charge in [-0.3, -0.25) is 0 Å². The predicted octanol–water partition coefficient (Wildman–Crippen LogP) is 4.85. The Labute approximate surface area is 134 Å². The predicted molar refractivity (Wildman–Crippen MR) is 88.1 cm³/mol. The number of benzene rings is 1. The lowest BCUT2D eigenvalue weighted by Crippen LogP contribution is -2.13. The first-order chi connectivity index (χ1) is 9.61. The number of aromatic nitrogens is 1. The van der Waals surface area contributed by atoms with Crippen LogP contribution in [0.1, 0.15) is 34.5 Å². The van der Waals surface area contributed by atoms with Crippen molar-refractivity contribution in [3.8, 4) is 0 Å². The quantitative estimate of drug-likeness (QED) is 0.767. The van der Waals surface area contributed by atoms with Crippen LogP contribution in [0.15, 0.2) is 18.2 Å². The van der Waals surface area contributed by atoms with Crippen molar-refractivity contribution in [2.75, 3.05) is 6.54 Å². The molecule has 0 radical (unpaired) electrons. The Bertz CT molecular complexity index is 561. The minimum absolute atomic E-state index is 0.692. The highest BCUT2D eigenvalue weighted by molar-refractivity contribution is 7.11. The van der Waals surface area contributed by atoms with Gasteiger partial charge in [-0.25, -0.2) is 4.98 Å². The molecule has 0 saturated carbocycles. The van der Waals surface area contributed by atoms with Crippen LogP contribution in [0.2, 0.25) is 10.0 Å². The summed E-state index contributed by atoms with van der Waals surface area (Å²) in [5, 5.41) is 5.88. The van der Waals surface area contributed by atoms with E-state index >= 15 is 0 Å². The zero-order chi connectivity index (χ0) is 14.5. The fourth-order valence-electron chi connectivity index (χ4n) is 1.96. The number of halogens is 2. The lowest BCUT2D eigenvalue weighted by molar-refractivity contribution is 0.678. The van der Waals surface area contributed by atoms with Crippen LogP contribution < -0.4 is 5.32 Å². The van der Waals surface area contributed by atoms with E-state index in [0.717, 1.165) is 35.8 Å². The Balaban J connectivity index is 2.12. The second-order valence-corrected chi connectivity index (χ2v) is 6.65. The summed E-state index contributed by atoms with van der Waals surface area (Å²) in [6.45, 7) is 6.13. The van der Waals surface area contributed by atoms with Gasteiger partial charge in [-0.05, 0) is 37.6 Å². The zero-order valence-electron chi connectivity index (χ0n) is 11.7. The zero-order valence-corrected chi connectivity index (χ0v) is 14.0. The lowest BCUT2D eigenvalue weighted by Gasteiger charge is -2.04. The fourth-order valence-corrected chi connectivity index (χ4v) is 3.54. The molecule has 0 saturated heterocycles. The summed E-state index contributed by atoms with van der Waals surface area (Å²) in [4.78, 5) is 5.92. The van der Waals surface area contributed by atoms with Crippen molar-refractivity contribution in [2.24, 2.45) is 0 Å². The molecule has 108 valence electrons. The Morgan fingerprint density at radius 2 is 1.95 bits per heavy atom. The van der Waals surface area contributed by atoms with Gasteiger partial charge >= 0.3 is 0 Å². The maximum Gasteiger partial charge on any atom is 0.0976 e. The molecule has 2 aromatic rings. The Kier molecular flexibility index (Phi) is 5.85. The summed E-state index contributed by atoms with van der Waals surface area (Å²) < 4.78 is 0. The number of aryl methyl sites for hydroxylation is 1. The molecule has 0 unspecified atom stereocenters. The molecular formula is C15H18Cl2N2S. The molecule has 2 rings (SSSR count). The summed E-state index contributed by atoms with van der Waals surface area (Å²) >= 11 is 14.1. The van der Waals surface area contributed by atoms with E-state index in [1.54, 1.807) is 11.3 Å². The van der Waals surface area contributed by atoms with Crippen LogP contribution in [0.5, 0.6) is 0 Å². The van der Waals surface area contributed by atoms with E-state index in [9.17, 15) is 0 Å². The molecule has 1 aromatic carbocycles. The molecule has 0 aliphatic carbocycles. The third-order valence-corrected chi connectivity index (χ3v) is 4.90. The van der Waals surface area contributed by atoms with Crippen LogP contribution in [-0.4, -0.2) is 11.5 Å². The standard InChI is InChI=1S/C15H18Cl2N2S/c1-3-7-18-9-14-10(2)19-15(20-14)8-11-12(16)5-4-6-13(11)17/h4-6,18H,3,7-9H2,1-2H3. The van der Waals surface area contributed by atoms with Gasteiger partial charge in [0.2, 0.25) is 0 Å². The number of hydrogen-bond donors (Lipinski definition) is 1. The highest BCUT2D eigenvalue weighted by Crippen LogP contribution is 2.29. The fraction of sp³-hybridized carbons (Fsp3) is 0.400. The van der Waals surface area contributed by atoms with Crippen molar-refractivity contribution >= 4 is 34.5 Å². The van der Waals surface area contributed by atoms with Crippen LogP contribution in [0.25, 0.3) is 0 Å². The molecule has 0 aliphatic heterocycles. The summed E-state index contributed by atoms with van der Waals surface area (Å²) in [5.41, 5.74) is 2.05. The van der Waals surface area contributed by atoms with Gasteiger partial charge in [0.05, 0.1) is 10.7 Å². The molecule has 0 amide bonds. The summed E-state index contributed by atoms with van der Waals surface area (Å²) in [5.74, 6) is 0. The molecule has 1 aromatic heterocycles. The average molecular weight is 329 g/mol. The maximum absolute atomic E-state index is 6.21. The summed E-state index contributed by atoms with van der Waals surface area (Å²) in [7, 11) is 0. The minimum atomic E-state index is 0.692. The third kappa shape index (κ3) is 3.95. The summed E-state index contributed by atoms with van der Waals surface area (Å²) in [6, 6.07) is 5.60.